The Morgan fingerprint density at radius 2 is 1.80 bits per heavy atom. The number of esters is 1. The van der Waals surface area contributed by atoms with Crippen LogP contribution in [0, 0.1) is 0 Å². The number of hydrogen-bond acceptors (Lipinski definition) is 5. The Balaban J connectivity index is 1.98. The lowest BCUT2D eigenvalue weighted by Gasteiger charge is -2.39. The number of nitrogens with one attached hydrogen (secondary N) is 2. The first-order valence-electron chi connectivity index (χ1n) is 11.4. The number of amides is 4. The molecule has 1 aromatic carbocycles. The van der Waals surface area contributed by atoms with E-state index in [1.807, 2.05) is 11.8 Å². The van der Waals surface area contributed by atoms with Crippen molar-refractivity contribution in [1.29, 1.82) is 0 Å². The summed E-state index contributed by atoms with van der Waals surface area (Å²) >= 11 is 0. The van der Waals surface area contributed by atoms with Crippen molar-refractivity contribution in [3.05, 3.63) is 46.7 Å². The van der Waals surface area contributed by atoms with Crippen molar-refractivity contribution < 1.29 is 32.3 Å². The number of alkyl halides is 3. The lowest BCUT2D eigenvalue weighted by atomic mass is 9.90. The first-order valence-corrected chi connectivity index (χ1v) is 11.4. The van der Waals surface area contributed by atoms with Crippen molar-refractivity contribution in [2.24, 2.45) is 0 Å². The van der Waals surface area contributed by atoms with Crippen molar-refractivity contribution in [2.45, 2.75) is 26.1 Å². The van der Waals surface area contributed by atoms with Crippen LogP contribution < -0.4 is 10.6 Å². The number of urea groups is 2. The summed E-state index contributed by atoms with van der Waals surface area (Å²) in [5.74, 6) is -0.794. The van der Waals surface area contributed by atoms with Gasteiger partial charge in [-0.2, -0.15) is 13.2 Å². The summed E-state index contributed by atoms with van der Waals surface area (Å²) in [6.07, 6.45) is -4.68. The molecular formula is C23H30F3N5O4. The largest absolute Gasteiger partial charge is 0.463 e. The van der Waals surface area contributed by atoms with E-state index >= 15 is 0 Å². The maximum Gasteiger partial charge on any atom is 0.416 e. The maximum absolute atomic E-state index is 13.8. The molecule has 192 valence electrons. The Morgan fingerprint density at radius 1 is 1.14 bits per heavy atom. The molecule has 1 saturated heterocycles. The highest BCUT2D eigenvalue weighted by Gasteiger charge is 2.42. The minimum absolute atomic E-state index is 0.0200. The minimum atomic E-state index is -4.68. The van der Waals surface area contributed by atoms with Gasteiger partial charge in [0.25, 0.3) is 0 Å². The number of likely N-dealkylation sites (N-methyl/N-ethyl adjacent to an activating group) is 1. The highest BCUT2D eigenvalue weighted by molar-refractivity contribution is 5.95. The zero-order valence-corrected chi connectivity index (χ0v) is 19.9. The fourth-order valence-electron chi connectivity index (χ4n) is 4.22. The van der Waals surface area contributed by atoms with E-state index < -0.39 is 29.8 Å². The van der Waals surface area contributed by atoms with E-state index in [0.29, 0.717) is 32.7 Å². The molecule has 2 heterocycles. The second kappa shape index (κ2) is 11.0. The Kier molecular flexibility index (Phi) is 8.26. The Bertz CT molecular complexity index is 990. The lowest BCUT2D eigenvalue weighted by molar-refractivity contribution is -0.141. The van der Waals surface area contributed by atoms with E-state index in [2.05, 4.69) is 10.6 Å². The van der Waals surface area contributed by atoms with E-state index in [-0.39, 0.29) is 36.0 Å². The molecule has 1 unspecified atom stereocenters. The summed E-state index contributed by atoms with van der Waals surface area (Å²) in [6.45, 7) is 5.89. The van der Waals surface area contributed by atoms with Gasteiger partial charge in [0.2, 0.25) is 0 Å². The van der Waals surface area contributed by atoms with Crippen LogP contribution in [0.5, 0.6) is 0 Å². The molecule has 1 aromatic rings. The standard InChI is InChI=1S/C23H30F3N5O4/c1-4-27-21(33)31-12-10-30(11-13-31)14-17-18(20(32)35-5-2)19(28-22(34)29(17)3)15-8-6-7-9-16(15)23(24,25)26/h6-9,19H,4-5,10-14H2,1-3H3,(H,27,33)(H,28,34). The fourth-order valence-corrected chi connectivity index (χ4v) is 4.22. The smallest absolute Gasteiger partial charge is 0.416 e. The van der Waals surface area contributed by atoms with Crippen LogP contribution in [0.15, 0.2) is 35.5 Å². The summed E-state index contributed by atoms with van der Waals surface area (Å²) in [6, 6.07) is 2.73. The molecule has 9 nitrogen and oxygen atoms in total. The minimum Gasteiger partial charge on any atom is -0.463 e. The molecule has 1 atom stereocenters. The summed E-state index contributed by atoms with van der Waals surface area (Å²) in [5, 5.41) is 5.28. The van der Waals surface area contributed by atoms with Crippen molar-refractivity contribution in [2.75, 3.05) is 52.9 Å². The molecule has 35 heavy (non-hydrogen) atoms. The van der Waals surface area contributed by atoms with Crippen molar-refractivity contribution in [1.82, 2.24) is 25.3 Å². The van der Waals surface area contributed by atoms with Crippen LogP contribution in [0.1, 0.15) is 31.0 Å². The van der Waals surface area contributed by atoms with Gasteiger partial charge < -0.3 is 20.3 Å². The van der Waals surface area contributed by atoms with Crippen LogP contribution in [0.4, 0.5) is 22.8 Å². The molecule has 0 bridgehead atoms. The third kappa shape index (κ3) is 5.87. The van der Waals surface area contributed by atoms with Gasteiger partial charge in [0.1, 0.15) is 0 Å². The molecule has 4 amide bonds. The molecule has 2 N–H and O–H groups in total. The second-order valence-electron chi connectivity index (χ2n) is 8.21. The van der Waals surface area contributed by atoms with Gasteiger partial charge in [0, 0.05) is 52.0 Å². The third-order valence-corrected chi connectivity index (χ3v) is 6.01. The molecule has 3 rings (SSSR count). The first-order chi connectivity index (χ1) is 16.6. The number of carbonyl (C=O) groups is 3. The summed E-state index contributed by atoms with van der Waals surface area (Å²) in [4.78, 5) is 42.8. The normalized spacial score (nSPS) is 19.5. The number of halogens is 3. The third-order valence-electron chi connectivity index (χ3n) is 6.01. The average molecular weight is 498 g/mol. The number of nitrogens with zero attached hydrogens (tertiary/aromatic N) is 3. The van der Waals surface area contributed by atoms with Crippen LogP contribution in [-0.4, -0.2) is 85.7 Å². The molecule has 2 aliphatic rings. The molecule has 0 radical (unpaired) electrons. The van der Waals surface area contributed by atoms with Crippen molar-refractivity contribution in [3.63, 3.8) is 0 Å². The summed E-state index contributed by atoms with van der Waals surface area (Å²) < 4.78 is 46.5. The quantitative estimate of drug-likeness (QED) is 0.590. The topological polar surface area (TPSA) is 94.2 Å². The molecular weight excluding hydrogens is 467 g/mol. The monoisotopic (exact) mass is 497 g/mol. The number of ether oxygens (including phenoxy) is 1. The van der Waals surface area contributed by atoms with Gasteiger partial charge in [-0.15, -0.1) is 0 Å². The maximum atomic E-state index is 13.8. The summed E-state index contributed by atoms with van der Waals surface area (Å²) in [5.41, 5.74) is -0.952. The first kappa shape index (κ1) is 26.3. The zero-order valence-electron chi connectivity index (χ0n) is 19.9. The Hall–Kier alpha value is -3.28. The summed E-state index contributed by atoms with van der Waals surface area (Å²) in [7, 11) is 1.46. The van der Waals surface area contributed by atoms with Gasteiger partial charge in [0.15, 0.2) is 0 Å². The highest BCUT2D eigenvalue weighted by Crippen LogP contribution is 2.39. The second-order valence-corrected chi connectivity index (χ2v) is 8.21. The van der Waals surface area contributed by atoms with Crippen molar-refractivity contribution in [3.8, 4) is 0 Å². The molecule has 0 spiro atoms. The van der Waals surface area contributed by atoms with Gasteiger partial charge >= 0.3 is 24.2 Å². The van der Waals surface area contributed by atoms with Gasteiger partial charge in [-0.3, -0.25) is 9.80 Å². The molecule has 1 fully saturated rings. The average Bonchev–Trinajstić information content (AvgIpc) is 2.82. The molecule has 12 heteroatoms. The number of carbonyl (C=O) groups excluding carboxylic acids is 3. The number of hydrogen-bond donors (Lipinski definition) is 2. The van der Waals surface area contributed by atoms with Crippen LogP contribution in [-0.2, 0) is 15.7 Å². The van der Waals surface area contributed by atoms with Crippen LogP contribution >= 0.6 is 0 Å². The lowest BCUT2D eigenvalue weighted by Crippen LogP contribution is -2.54. The molecule has 0 saturated carbocycles. The van der Waals surface area contributed by atoms with E-state index in [1.165, 1.54) is 30.1 Å². The van der Waals surface area contributed by atoms with Gasteiger partial charge in [-0.1, -0.05) is 18.2 Å². The highest BCUT2D eigenvalue weighted by atomic mass is 19.4. The fraction of sp³-hybridized carbons (Fsp3) is 0.522. The zero-order chi connectivity index (χ0) is 25.8. The van der Waals surface area contributed by atoms with E-state index in [4.69, 9.17) is 4.74 Å². The van der Waals surface area contributed by atoms with Crippen molar-refractivity contribution >= 4 is 18.0 Å². The van der Waals surface area contributed by atoms with E-state index in [0.717, 1.165) is 6.07 Å². The SMILES string of the molecule is CCNC(=O)N1CCN(CC2=C(C(=O)OCC)C(c3ccccc3C(F)(F)F)NC(=O)N2C)CC1. The Labute approximate surface area is 201 Å². The molecule has 0 aromatic heterocycles. The van der Waals surface area contributed by atoms with E-state index in [1.54, 1.807) is 11.8 Å². The predicted octanol–water partition coefficient (Wildman–Crippen LogP) is 2.57. The van der Waals surface area contributed by atoms with E-state index in [9.17, 15) is 27.6 Å². The number of benzene rings is 1. The van der Waals surface area contributed by atoms with Crippen LogP contribution in [0.25, 0.3) is 0 Å². The Morgan fingerprint density at radius 3 is 2.40 bits per heavy atom. The molecule has 0 aliphatic carbocycles. The van der Waals surface area contributed by atoms with Gasteiger partial charge in [-0.05, 0) is 25.5 Å². The van der Waals surface area contributed by atoms with Crippen LogP contribution in [0.3, 0.4) is 0 Å². The number of piperazine rings is 1. The van der Waals surface area contributed by atoms with Gasteiger partial charge in [0.05, 0.1) is 23.8 Å². The molecule has 2 aliphatic heterocycles. The van der Waals surface area contributed by atoms with Gasteiger partial charge in [-0.25, -0.2) is 14.4 Å². The number of rotatable bonds is 6. The predicted molar refractivity (Wildman–Crippen MR) is 121 cm³/mol. The van der Waals surface area contributed by atoms with Crippen LogP contribution in [0.2, 0.25) is 0 Å².